The van der Waals surface area contributed by atoms with Crippen molar-refractivity contribution in [2.75, 3.05) is 40.8 Å². The fourth-order valence-corrected chi connectivity index (χ4v) is 4.77. The summed E-state index contributed by atoms with van der Waals surface area (Å²) < 4.78 is 31.7. The number of methoxy groups -OCH3 is 1. The molecule has 0 bridgehead atoms. The van der Waals surface area contributed by atoms with E-state index in [1.54, 1.807) is 37.5 Å². The maximum Gasteiger partial charge on any atom is 0.244 e. The quantitative estimate of drug-likeness (QED) is 0.522. The average Bonchev–Trinajstić information content (AvgIpc) is 2.79. The predicted octanol–water partition coefficient (Wildman–Crippen LogP) is 3.16. The Kier molecular flexibility index (Phi) is 9.43. The highest BCUT2D eigenvalue weighted by Crippen LogP contribution is 2.21. The maximum atomic E-state index is 12.6. The van der Waals surface area contributed by atoms with Gasteiger partial charge in [-0.25, -0.2) is 8.42 Å². The van der Waals surface area contributed by atoms with Crippen LogP contribution in [0, 0.1) is 0 Å². The zero-order valence-electron chi connectivity index (χ0n) is 19.4. The summed E-state index contributed by atoms with van der Waals surface area (Å²) in [5.74, 6) is 0.569. The Labute approximate surface area is 191 Å². The Morgan fingerprint density at radius 3 is 2.12 bits per heavy atom. The Balaban J connectivity index is 2.00. The maximum absolute atomic E-state index is 12.6. The van der Waals surface area contributed by atoms with Crippen LogP contribution in [-0.4, -0.2) is 64.4 Å². The Bertz CT molecular complexity index is 997. The second-order valence-corrected chi connectivity index (χ2v) is 9.43. The fraction of sp³-hybridized carbons (Fsp3) is 0.375. The van der Waals surface area contributed by atoms with E-state index in [1.807, 2.05) is 57.1 Å². The second-order valence-electron chi connectivity index (χ2n) is 7.49. The molecule has 0 aliphatic heterocycles. The monoisotopic (exact) mass is 459 g/mol. The molecule has 8 heteroatoms. The molecule has 0 aromatic heterocycles. The molecule has 174 valence electrons. The van der Waals surface area contributed by atoms with E-state index in [1.165, 1.54) is 10.4 Å². The number of sulfonamides is 1. The molecule has 0 aliphatic rings. The van der Waals surface area contributed by atoms with Gasteiger partial charge in [-0.3, -0.25) is 4.79 Å². The number of rotatable bonds is 11. The molecule has 0 saturated heterocycles. The van der Waals surface area contributed by atoms with Gasteiger partial charge in [0, 0.05) is 25.7 Å². The number of nitrogens with one attached hydrogen (secondary N) is 1. The zero-order valence-corrected chi connectivity index (χ0v) is 20.2. The molecule has 2 aromatic rings. The van der Waals surface area contributed by atoms with Gasteiger partial charge >= 0.3 is 0 Å². The van der Waals surface area contributed by atoms with Gasteiger partial charge < -0.3 is 15.0 Å². The first-order valence-corrected chi connectivity index (χ1v) is 12.0. The van der Waals surface area contributed by atoms with Gasteiger partial charge in [-0.15, -0.1) is 0 Å². The highest BCUT2D eigenvalue weighted by atomic mass is 32.2. The minimum absolute atomic E-state index is 0.0165. The fourth-order valence-electron chi connectivity index (χ4n) is 3.32. The number of ether oxygens (including phenoxy) is 1. The van der Waals surface area contributed by atoms with E-state index in [9.17, 15) is 13.2 Å². The lowest BCUT2D eigenvalue weighted by Gasteiger charge is -2.25. The van der Waals surface area contributed by atoms with Gasteiger partial charge in [-0.1, -0.05) is 38.1 Å². The van der Waals surface area contributed by atoms with Crippen molar-refractivity contribution in [1.29, 1.82) is 0 Å². The summed E-state index contributed by atoms with van der Waals surface area (Å²) in [5, 5.41) is 2.93. The van der Waals surface area contributed by atoms with Crippen molar-refractivity contribution in [2.45, 2.75) is 24.8 Å². The molecular weight excluding hydrogens is 426 g/mol. The van der Waals surface area contributed by atoms with E-state index >= 15 is 0 Å². The smallest absolute Gasteiger partial charge is 0.244 e. The van der Waals surface area contributed by atoms with Crippen molar-refractivity contribution in [3.05, 3.63) is 65.7 Å². The minimum atomic E-state index is -3.49. The van der Waals surface area contributed by atoms with Crippen LogP contribution in [-0.2, 0) is 14.8 Å². The van der Waals surface area contributed by atoms with Crippen molar-refractivity contribution in [2.24, 2.45) is 0 Å². The van der Waals surface area contributed by atoms with Crippen molar-refractivity contribution in [3.8, 4) is 5.75 Å². The molecular formula is C24H33N3O4S. The van der Waals surface area contributed by atoms with Crippen molar-refractivity contribution < 1.29 is 17.9 Å². The molecule has 0 heterocycles. The predicted molar refractivity (Wildman–Crippen MR) is 128 cm³/mol. The summed E-state index contributed by atoms with van der Waals surface area (Å²) in [6.07, 6.45) is 3.12. The van der Waals surface area contributed by atoms with Gasteiger partial charge in [-0.05, 0) is 55.6 Å². The lowest BCUT2D eigenvalue weighted by molar-refractivity contribution is -0.116. The van der Waals surface area contributed by atoms with Crippen LogP contribution in [0.3, 0.4) is 0 Å². The molecule has 0 spiro atoms. The van der Waals surface area contributed by atoms with Crippen molar-refractivity contribution in [3.63, 3.8) is 0 Å². The zero-order chi connectivity index (χ0) is 23.7. The molecule has 2 aromatic carbocycles. The Morgan fingerprint density at radius 2 is 1.62 bits per heavy atom. The number of nitrogens with zero attached hydrogens (tertiary/aromatic N) is 2. The molecule has 2 rings (SSSR count). The summed E-state index contributed by atoms with van der Waals surface area (Å²) in [4.78, 5) is 14.6. The molecule has 32 heavy (non-hydrogen) atoms. The molecule has 1 N–H and O–H groups in total. The summed E-state index contributed by atoms with van der Waals surface area (Å²) >= 11 is 0. The highest BCUT2D eigenvalue weighted by Gasteiger charge is 2.21. The highest BCUT2D eigenvalue weighted by molar-refractivity contribution is 7.89. The van der Waals surface area contributed by atoms with Crippen LogP contribution in [0.15, 0.2) is 59.5 Å². The molecule has 1 unspecified atom stereocenters. The summed E-state index contributed by atoms with van der Waals surface area (Å²) in [7, 11) is 2.06. The van der Waals surface area contributed by atoms with Gasteiger partial charge in [0.15, 0.2) is 0 Å². The van der Waals surface area contributed by atoms with Crippen LogP contribution in [0.25, 0.3) is 6.08 Å². The van der Waals surface area contributed by atoms with Gasteiger partial charge in [-0.2, -0.15) is 4.31 Å². The average molecular weight is 460 g/mol. The van der Waals surface area contributed by atoms with E-state index in [0.717, 1.165) is 16.9 Å². The second kappa shape index (κ2) is 11.8. The van der Waals surface area contributed by atoms with Crippen LogP contribution in [0.1, 0.15) is 31.0 Å². The minimum Gasteiger partial charge on any atom is -0.497 e. The lowest BCUT2D eigenvalue weighted by Crippen LogP contribution is -2.33. The van der Waals surface area contributed by atoms with E-state index in [-0.39, 0.29) is 16.8 Å². The standard InChI is InChI=1S/C24H33N3O4S/c1-6-27(7-2)32(29,30)22-15-8-19(9-16-22)10-17-24(28)25-18-23(26(3)4)20-11-13-21(31-5)14-12-20/h8-17,23H,6-7,18H2,1-5H3,(H,25,28)/b17-10+. The van der Waals surface area contributed by atoms with Crippen molar-refractivity contribution in [1.82, 2.24) is 14.5 Å². The van der Waals surface area contributed by atoms with Gasteiger partial charge in [0.1, 0.15) is 5.75 Å². The molecule has 0 radical (unpaired) electrons. The summed E-state index contributed by atoms with van der Waals surface area (Å²) in [6.45, 7) is 4.92. The third-order valence-electron chi connectivity index (χ3n) is 5.24. The summed E-state index contributed by atoms with van der Waals surface area (Å²) in [5.41, 5.74) is 1.82. The third-order valence-corrected chi connectivity index (χ3v) is 7.31. The number of benzene rings is 2. The molecule has 0 saturated carbocycles. The number of hydrogen-bond donors (Lipinski definition) is 1. The normalized spacial score (nSPS) is 13.0. The van der Waals surface area contributed by atoms with Crippen molar-refractivity contribution >= 4 is 22.0 Å². The van der Waals surface area contributed by atoms with Crippen LogP contribution in [0.2, 0.25) is 0 Å². The SMILES string of the molecule is CCN(CC)S(=O)(=O)c1ccc(/C=C/C(=O)NCC(c2ccc(OC)cc2)N(C)C)cc1. The molecule has 1 amide bonds. The van der Waals surface area contributed by atoms with Gasteiger partial charge in [0.05, 0.1) is 18.0 Å². The topological polar surface area (TPSA) is 79.0 Å². The van der Waals surface area contributed by atoms with E-state index in [0.29, 0.717) is 19.6 Å². The van der Waals surface area contributed by atoms with Gasteiger partial charge in [0.2, 0.25) is 15.9 Å². The van der Waals surface area contributed by atoms with Crippen LogP contribution >= 0.6 is 0 Å². The molecule has 7 nitrogen and oxygen atoms in total. The lowest BCUT2D eigenvalue weighted by atomic mass is 10.1. The Hall–Kier alpha value is -2.68. The van der Waals surface area contributed by atoms with Crippen LogP contribution in [0.5, 0.6) is 5.75 Å². The van der Waals surface area contributed by atoms with E-state index in [4.69, 9.17) is 4.74 Å². The van der Waals surface area contributed by atoms with Crippen LogP contribution in [0.4, 0.5) is 0 Å². The van der Waals surface area contributed by atoms with E-state index in [2.05, 4.69) is 5.32 Å². The first-order valence-electron chi connectivity index (χ1n) is 10.6. The number of carbonyl (C=O) groups excluding carboxylic acids is 1. The molecule has 0 fully saturated rings. The molecule has 0 aliphatic carbocycles. The summed E-state index contributed by atoms with van der Waals surface area (Å²) in [6, 6.07) is 14.3. The van der Waals surface area contributed by atoms with E-state index < -0.39 is 10.0 Å². The molecule has 1 atom stereocenters. The first kappa shape index (κ1) is 25.6. The largest absolute Gasteiger partial charge is 0.497 e. The first-order chi connectivity index (χ1) is 15.2. The Morgan fingerprint density at radius 1 is 1.03 bits per heavy atom. The third kappa shape index (κ3) is 6.66. The number of carbonyl (C=O) groups is 1. The number of likely N-dealkylation sites (N-methyl/N-ethyl adjacent to an activating group) is 1. The number of hydrogen-bond acceptors (Lipinski definition) is 5. The van der Waals surface area contributed by atoms with Crippen LogP contribution < -0.4 is 10.1 Å². The van der Waals surface area contributed by atoms with Gasteiger partial charge in [0.25, 0.3) is 0 Å². The number of amides is 1.